The number of likely N-dealkylation sites (N-methyl/N-ethyl adjacent to an activating group) is 1. The van der Waals surface area contributed by atoms with Crippen LogP contribution in [0.25, 0.3) is 0 Å². The van der Waals surface area contributed by atoms with E-state index in [0.717, 1.165) is 12.2 Å². The second kappa shape index (κ2) is 5.78. The van der Waals surface area contributed by atoms with Gasteiger partial charge in [-0.3, -0.25) is 4.98 Å². The van der Waals surface area contributed by atoms with Crippen molar-refractivity contribution >= 4 is 0 Å². The SMILES string of the molecule is CC(CN(C)C)NCc1ccc(F)cn1. The highest BCUT2D eigenvalue weighted by Gasteiger charge is 2.03. The van der Waals surface area contributed by atoms with Crippen molar-refractivity contribution in [1.29, 1.82) is 0 Å². The first-order chi connectivity index (χ1) is 7.08. The molecule has 84 valence electrons. The van der Waals surface area contributed by atoms with Gasteiger partial charge in [-0.2, -0.15) is 0 Å². The molecule has 1 heterocycles. The minimum Gasteiger partial charge on any atom is -0.308 e. The number of aromatic nitrogens is 1. The summed E-state index contributed by atoms with van der Waals surface area (Å²) in [6.07, 6.45) is 1.24. The molecular weight excluding hydrogens is 193 g/mol. The molecule has 0 aliphatic carbocycles. The molecule has 1 rings (SSSR count). The third-order valence-corrected chi connectivity index (χ3v) is 2.06. The summed E-state index contributed by atoms with van der Waals surface area (Å²) in [6.45, 7) is 3.76. The number of nitrogens with one attached hydrogen (secondary N) is 1. The fourth-order valence-corrected chi connectivity index (χ4v) is 1.40. The number of rotatable bonds is 5. The zero-order valence-electron chi connectivity index (χ0n) is 9.50. The molecule has 1 atom stereocenters. The van der Waals surface area contributed by atoms with Gasteiger partial charge < -0.3 is 10.2 Å². The van der Waals surface area contributed by atoms with Gasteiger partial charge in [0, 0.05) is 19.1 Å². The van der Waals surface area contributed by atoms with Crippen LogP contribution in [0.4, 0.5) is 4.39 Å². The van der Waals surface area contributed by atoms with E-state index in [1.54, 1.807) is 6.07 Å². The van der Waals surface area contributed by atoms with E-state index in [0.29, 0.717) is 12.6 Å². The van der Waals surface area contributed by atoms with Gasteiger partial charge in [0.15, 0.2) is 0 Å². The Labute approximate surface area is 90.3 Å². The fraction of sp³-hybridized carbons (Fsp3) is 0.545. The maximum atomic E-state index is 12.6. The number of hydrogen-bond acceptors (Lipinski definition) is 3. The molecular formula is C11H18FN3. The molecule has 0 aromatic carbocycles. The van der Waals surface area contributed by atoms with Crippen LogP contribution in [0.1, 0.15) is 12.6 Å². The lowest BCUT2D eigenvalue weighted by molar-refractivity contribution is 0.348. The van der Waals surface area contributed by atoms with Gasteiger partial charge in [0.2, 0.25) is 0 Å². The predicted octanol–water partition coefficient (Wildman–Crippen LogP) is 1.26. The summed E-state index contributed by atoms with van der Waals surface area (Å²) in [5, 5.41) is 3.32. The van der Waals surface area contributed by atoms with Crippen LogP contribution < -0.4 is 5.32 Å². The number of nitrogens with zero attached hydrogens (tertiary/aromatic N) is 2. The van der Waals surface area contributed by atoms with Crippen LogP contribution in [0.2, 0.25) is 0 Å². The largest absolute Gasteiger partial charge is 0.308 e. The molecule has 0 bridgehead atoms. The molecule has 0 saturated carbocycles. The van der Waals surface area contributed by atoms with Gasteiger partial charge in [-0.25, -0.2) is 4.39 Å². The summed E-state index contributed by atoms with van der Waals surface area (Å²) in [5.74, 6) is -0.292. The van der Waals surface area contributed by atoms with E-state index in [-0.39, 0.29) is 5.82 Å². The lowest BCUT2D eigenvalue weighted by atomic mass is 10.3. The zero-order valence-corrected chi connectivity index (χ0v) is 9.50. The summed E-state index contributed by atoms with van der Waals surface area (Å²) in [6, 6.07) is 3.53. The minimum absolute atomic E-state index is 0.292. The Kier molecular flexibility index (Phi) is 4.65. The Morgan fingerprint density at radius 3 is 2.73 bits per heavy atom. The van der Waals surface area contributed by atoms with Crippen molar-refractivity contribution in [1.82, 2.24) is 15.2 Å². The first-order valence-corrected chi connectivity index (χ1v) is 5.06. The van der Waals surface area contributed by atoms with Crippen molar-refractivity contribution in [3.63, 3.8) is 0 Å². The van der Waals surface area contributed by atoms with Crippen LogP contribution in [0.5, 0.6) is 0 Å². The van der Waals surface area contributed by atoms with E-state index < -0.39 is 0 Å². The van der Waals surface area contributed by atoms with Gasteiger partial charge >= 0.3 is 0 Å². The summed E-state index contributed by atoms with van der Waals surface area (Å²) in [5.41, 5.74) is 0.863. The highest BCUT2D eigenvalue weighted by molar-refractivity contribution is 5.04. The van der Waals surface area contributed by atoms with Gasteiger partial charge in [-0.15, -0.1) is 0 Å². The second-order valence-electron chi connectivity index (χ2n) is 4.01. The van der Waals surface area contributed by atoms with Crippen molar-refractivity contribution in [2.45, 2.75) is 19.5 Å². The van der Waals surface area contributed by atoms with E-state index in [2.05, 4.69) is 22.1 Å². The summed E-state index contributed by atoms with van der Waals surface area (Å²) >= 11 is 0. The van der Waals surface area contributed by atoms with Crippen LogP contribution in [-0.2, 0) is 6.54 Å². The normalized spacial score (nSPS) is 13.1. The molecule has 0 aliphatic rings. The van der Waals surface area contributed by atoms with E-state index in [1.165, 1.54) is 12.3 Å². The molecule has 1 N–H and O–H groups in total. The van der Waals surface area contributed by atoms with Crippen LogP contribution in [0.15, 0.2) is 18.3 Å². The van der Waals surface area contributed by atoms with Crippen molar-refractivity contribution in [3.05, 3.63) is 29.8 Å². The molecule has 4 heteroatoms. The summed E-state index contributed by atoms with van der Waals surface area (Å²) in [4.78, 5) is 6.10. The third kappa shape index (κ3) is 4.85. The summed E-state index contributed by atoms with van der Waals surface area (Å²) < 4.78 is 12.6. The molecule has 15 heavy (non-hydrogen) atoms. The average Bonchev–Trinajstić information content (AvgIpc) is 2.16. The zero-order chi connectivity index (χ0) is 11.3. The Morgan fingerprint density at radius 1 is 1.47 bits per heavy atom. The number of hydrogen-bond donors (Lipinski definition) is 1. The van der Waals surface area contributed by atoms with E-state index in [9.17, 15) is 4.39 Å². The van der Waals surface area contributed by atoms with Crippen LogP contribution >= 0.6 is 0 Å². The first-order valence-electron chi connectivity index (χ1n) is 5.06. The van der Waals surface area contributed by atoms with Crippen molar-refractivity contribution in [2.24, 2.45) is 0 Å². The molecule has 1 aromatic rings. The van der Waals surface area contributed by atoms with E-state index >= 15 is 0 Å². The number of pyridine rings is 1. The van der Waals surface area contributed by atoms with Gasteiger partial charge in [0.05, 0.1) is 11.9 Å². The maximum absolute atomic E-state index is 12.6. The standard InChI is InChI=1S/C11H18FN3/c1-9(8-15(2)3)13-7-11-5-4-10(12)6-14-11/h4-6,9,13H,7-8H2,1-3H3. The van der Waals surface area contributed by atoms with Gasteiger partial charge in [0.25, 0.3) is 0 Å². The van der Waals surface area contributed by atoms with Gasteiger partial charge in [-0.05, 0) is 33.2 Å². The van der Waals surface area contributed by atoms with E-state index in [4.69, 9.17) is 0 Å². The highest BCUT2D eigenvalue weighted by Crippen LogP contribution is 1.98. The van der Waals surface area contributed by atoms with Crippen LogP contribution in [0, 0.1) is 5.82 Å². The Balaban J connectivity index is 2.33. The Hall–Kier alpha value is -1.00. The molecule has 0 amide bonds. The fourth-order valence-electron chi connectivity index (χ4n) is 1.40. The molecule has 0 radical (unpaired) electrons. The molecule has 1 aromatic heterocycles. The predicted molar refractivity (Wildman–Crippen MR) is 59.1 cm³/mol. The van der Waals surface area contributed by atoms with Gasteiger partial charge in [-0.1, -0.05) is 0 Å². The molecule has 0 aliphatic heterocycles. The average molecular weight is 211 g/mol. The maximum Gasteiger partial charge on any atom is 0.141 e. The molecule has 3 nitrogen and oxygen atoms in total. The molecule has 0 spiro atoms. The Bertz CT molecular complexity index is 284. The van der Waals surface area contributed by atoms with Gasteiger partial charge in [0.1, 0.15) is 5.82 Å². The molecule has 0 fully saturated rings. The molecule has 0 saturated heterocycles. The van der Waals surface area contributed by atoms with Crippen molar-refractivity contribution in [2.75, 3.05) is 20.6 Å². The third-order valence-electron chi connectivity index (χ3n) is 2.06. The number of halogens is 1. The second-order valence-corrected chi connectivity index (χ2v) is 4.01. The highest BCUT2D eigenvalue weighted by atomic mass is 19.1. The Morgan fingerprint density at radius 2 is 2.20 bits per heavy atom. The van der Waals surface area contributed by atoms with Crippen molar-refractivity contribution in [3.8, 4) is 0 Å². The lowest BCUT2D eigenvalue weighted by Crippen LogP contribution is -2.35. The van der Waals surface area contributed by atoms with E-state index in [1.807, 2.05) is 14.1 Å². The summed E-state index contributed by atoms with van der Waals surface area (Å²) in [7, 11) is 4.07. The lowest BCUT2D eigenvalue weighted by Gasteiger charge is -2.17. The minimum atomic E-state index is -0.292. The topological polar surface area (TPSA) is 28.2 Å². The quantitative estimate of drug-likeness (QED) is 0.794. The molecule has 1 unspecified atom stereocenters. The van der Waals surface area contributed by atoms with Crippen molar-refractivity contribution < 1.29 is 4.39 Å². The monoisotopic (exact) mass is 211 g/mol. The smallest absolute Gasteiger partial charge is 0.141 e. The van der Waals surface area contributed by atoms with Crippen LogP contribution in [0.3, 0.4) is 0 Å². The van der Waals surface area contributed by atoms with Crippen LogP contribution in [-0.4, -0.2) is 36.6 Å². The first kappa shape index (κ1) is 12.1.